The van der Waals surface area contributed by atoms with Crippen molar-refractivity contribution in [3.05, 3.63) is 5.82 Å². The second-order valence-electron chi connectivity index (χ2n) is 4.98. The maximum Gasteiger partial charge on any atom is 0.169 e. The molecule has 0 bridgehead atoms. The van der Waals surface area contributed by atoms with Crippen LogP contribution in [0.3, 0.4) is 0 Å². The largest absolute Gasteiger partial charge is 0.375 e. The topological polar surface area (TPSA) is 52.8 Å². The van der Waals surface area contributed by atoms with E-state index in [9.17, 15) is 0 Å². The molecule has 0 radical (unpaired) electrons. The van der Waals surface area contributed by atoms with Gasteiger partial charge in [-0.05, 0) is 43.0 Å². The van der Waals surface area contributed by atoms with Crippen molar-refractivity contribution in [2.24, 2.45) is 0 Å². The number of halogens is 1. The molecule has 2 atom stereocenters. The van der Waals surface area contributed by atoms with E-state index in [-0.39, 0.29) is 11.0 Å². The van der Waals surface area contributed by atoms with Gasteiger partial charge in [-0.1, -0.05) is 13.8 Å². The van der Waals surface area contributed by atoms with Crippen molar-refractivity contribution >= 4 is 11.6 Å². The van der Waals surface area contributed by atoms with E-state index in [4.69, 9.17) is 16.3 Å². The second kappa shape index (κ2) is 5.53. The van der Waals surface area contributed by atoms with E-state index in [0.29, 0.717) is 6.04 Å². The first kappa shape index (κ1) is 13.7. The van der Waals surface area contributed by atoms with Gasteiger partial charge in [0.2, 0.25) is 0 Å². The van der Waals surface area contributed by atoms with Crippen molar-refractivity contribution in [3.63, 3.8) is 0 Å². The van der Waals surface area contributed by atoms with Crippen molar-refractivity contribution in [1.82, 2.24) is 20.2 Å². The SMILES string of the molecule is CCC1(CC)CC(n2nnnc2C(C)Cl)CCO1. The number of rotatable bonds is 4. The standard InChI is InChI=1S/C12H21ClN4O/c1-4-12(5-2)8-10(6-7-18-12)17-11(9(3)13)14-15-16-17/h9-10H,4-8H2,1-3H3. The minimum atomic E-state index is -0.166. The summed E-state index contributed by atoms with van der Waals surface area (Å²) < 4.78 is 7.87. The molecule has 5 nitrogen and oxygen atoms in total. The first-order valence-electron chi connectivity index (χ1n) is 6.67. The monoisotopic (exact) mass is 272 g/mol. The summed E-state index contributed by atoms with van der Waals surface area (Å²) in [7, 11) is 0. The molecule has 0 saturated carbocycles. The van der Waals surface area contributed by atoms with Crippen LogP contribution in [0.1, 0.15) is 63.7 Å². The summed E-state index contributed by atoms with van der Waals surface area (Å²) >= 11 is 6.11. The Hall–Kier alpha value is -0.680. The second-order valence-corrected chi connectivity index (χ2v) is 5.64. The van der Waals surface area contributed by atoms with Crippen molar-refractivity contribution < 1.29 is 4.74 Å². The molecule has 6 heteroatoms. The molecular formula is C12H21ClN4O. The minimum Gasteiger partial charge on any atom is -0.375 e. The van der Waals surface area contributed by atoms with E-state index in [1.54, 1.807) is 0 Å². The lowest BCUT2D eigenvalue weighted by Crippen LogP contribution is -2.40. The van der Waals surface area contributed by atoms with Crippen molar-refractivity contribution in [3.8, 4) is 0 Å². The molecule has 2 rings (SSSR count). The van der Waals surface area contributed by atoms with Crippen LogP contribution in [0.4, 0.5) is 0 Å². The summed E-state index contributed by atoms with van der Waals surface area (Å²) in [6.45, 7) is 7.02. The van der Waals surface area contributed by atoms with Gasteiger partial charge < -0.3 is 4.74 Å². The average Bonchev–Trinajstić information content (AvgIpc) is 2.88. The van der Waals surface area contributed by atoms with Gasteiger partial charge in [-0.15, -0.1) is 16.7 Å². The van der Waals surface area contributed by atoms with Crippen molar-refractivity contribution in [2.45, 2.75) is 63.5 Å². The van der Waals surface area contributed by atoms with Gasteiger partial charge in [0.25, 0.3) is 0 Å². The number of tetrazole rings is 1. The molecule has 1 aromatic rings. The molecule has 1 aliphatic rings. The number of ether oxygens (including phenoxy) is 1. The quantitative estimate of drug-likeness (QED) is 0.791. The van der Waals surface area contributed by atoms with E-state index < -0.39 is 0 Å². The maximum atomic E-state index is 6.11. The molecule has 0 aromatic carbocycles. The normalized spacial score (nSPS) is 25.0. The molecular weight excluding hydrogens is 252 g/mol. The fourth-order valence-corrected chi connectivity index (χ4v) is 2.82. The van der Waals surface area contributed by atoms with Gasteiger partial charge in [0.15, 0.2) is 5.82 Å². The van der Waals surface area contributed by atoms with Crippen LogP contribution in [0.5, 0.6) is 0 Å². The lowest BCUT2D eigenvalue weighted by molar-refractivity contribution is -0.101. The average molecular weight is 273 g/mol. The highest BCUT2D eigenvalue weighted by Gasteiger charge is 2.36. The predicted octanol–water partition coefficient (Wildman–Crippen LogP) is 2.88. The van der Waals surface area contributed by atoms with Gasteiger partial charge in [0.05, 0.1) is 17.0 Å². The van der Waals surface area contributed by atoms with Crippen molar-refractivity contribution in [2.75, 3.05) is 6.61 Å². The molecule has 1 saturated heterocycles. The van der Waals surface area contributed by atoms with E-state index in [1.165, 1.54) is 0 Å². The molecule has 1 aliphatic heterocycles. The fourth-order valence-electron chi connectivity index (χ4n) is 2.68. The van der Waals surface area contributed by atoms with Gasteiger partial charge in [-0.3, -0.25) is 0 Å². The lowest BCUT2D eigenvalue weighted by atomic mass is 9.86. The zero-order valence-corrected chi connectivity index (χ0v) is 12.0. The highest BCUT2D eigenvalue weighted by Crippen LogP contribution is 2.37. The van der Waals surface area contributed by atoms with Gasteiger partial charge in [0.1, 0.15) is 0 Å². The number of hydrogen-bond acceptors (Lipinski definition) is 4. The summed E-state index contributed by atoms with van der Waals surface area (Å²) in [5.41, 5.74) is -0.0261. The lowest BCUT2D eigenvalue weighted by Gasteiger charge is -2.40. The number of nitrogens with zero attached hydrogens (tertiary/aromatic N) is 4. The summed E-state index contributed by atoms with van der Waals surface area (Å²) in [6, 6.07) is 0.296. The minimum absolute atomic E-state index is 0.0261. The Bertz CT molecular complexity index is 389. The molecule has 0 N–H and O–H groups in total. The van der Waals surface area contributed by atoms with Crippen LogP contribution in [0.15, 0.2) is 0 Å². The van der Waals surface area contributed by atoms with Crippen LogP contribution in [-0.2, 0) is 4.74 Å². The van der Waals surface area contributed by atoms with Gasteiger partial charge in [-0.2, -0.15) is 0 Å². The van der Waals surface area contributed by atoms with E-state index in [1.807, 2.05) is 11.6 Å². The first-order chi connectivity index (χ1) is 8.62. The summed E-state index contributed by atoms with van der Waals surface area (Å²) in [5.74, 6) is 0.754. The Kier molecular flexibility index (Phi) is 4.22. The van der Waals surface area contributed by atoms with Gasteiger partial charge in [0, 0.05) is 6.61 Å². The molecule has 102 valence electrons. The molecule has 0 aliphatic carbocycles. The number of hydrogen-bond donors (Lipinski definition) is 0. The van der Waals surface area contributed by atoms with E-state index in [2.05, 4.69) is 29.4 Å². The van der Waals surface area contributed by atoms with Crippen LogP contribution >= 0.6 is 11.6 Å². The zero-order chi connectivity index (χ0) is 13.2. The zero-order valence-electron chi connectivity index (χ0n) is 11.3. The Balaban J connectivity index is 2.20. The first-order valence-corrected chi connectivity index (χ1v) is 7.11. The van der Waals surface area contributed by atoms with Crippen LogP contribution in [0.25, 0.3) is 0 Å². The highest BCUT2D eigenvalue weighted by atomic mass is 35.5. The molecule has 2 unspecified atom stereocenters. The summed E-state index contributed by atoms with van der Waals surface area (Å²) in [6.07, 6.45) is 3.95. The molecule has 0 amide bonds. The third-order valence-corrected chi connectivity index (χ3v) is 4.17. The predicted molar refractivity (Wildman–Crippen MR) is 69.6 cm³/mol. The molecule has 1 aromatic heterocycles. The van der Waals surface area contributed by atoms with Crippen LogP contribution in [0.2, 0.25) is 0 Å². The Morgan fingerprint density at radius 3 is 2.83 bits per heavy atom. The summed E-state index contributed by atoms with van der Waals surface area (Å²) in [5, 5.41) is 11.7. The third kappa shape index (κ3) is 2.52. The summed E-state index contributed by atoms with van der Waals surface area (Å²) in [4.78, 5) is 0. The molecule has 2 heterocycles. The van der Waals surface area contributed by atoms with E-state index >= 15 is 0 Å². The van der Waals surface area contributed by atoms with Gasteiger partial charge >= 0.3 is 0 Å². The Morgan fingerprint density at radius 2 is 2.22 bits per heavy atom. The number of aromatic nitrogens is 4. The Labute approximate surface area is 113 Å². The van der Waals surface area contributed by atoms with Crippen LogP contribution < -0.4 is 0 Å². The fraction of sp³-hybridized carbons (Fsp3) is 0.917. The van der Waals surface area contributed by atoms with Crippen LogP contribution in [-0.4, -0.2) is 32.4 Å². The van der Waals surface area contributed by atoms with Gasteiger partial charge in [-0.25, -0.2) is 4.68 Å². The van der Waals surface area contributed by atoms with Crippen molar-refractivity contribution in [1.29, 1.82) is 0 Å². The van der Waals surface area contributed by atoms with Crippen LogP contribution in [0, 0.1) is 0 Å². The molecule has 0 spiro atoms. The number of alkyl halides is 1. The maximum absolute atomic E-state index is 6.11. The highest BCUT2D eigenvalue weighted by molar-refractivity contribution is 6.20. The van der Waals surface area contributed by atoms with E-state index in [0.717, 1.165) is 38.1 Å². The third-order valence-electron chi connectivity index (χ3n) is 3.98. The molecule has 18 heavy (non-hydrogen) atoms. The Morgan fingerprint density at radius 1 is 1.50 bits per heavy atom. The smallest absolute Gasteiger partial charge is 0.169 e. The molecule has 1 fully saturated rings.